The molecule has 1 atom stereocenters. The van der Waals surface area contributed by atoms with Crippen molar-refractivity contribution in [2.24, 2.45) is 0 Å². The molecule has 0 spiro atoms. The molecule has 0 rings (SSSR count). The van der Waals surface area contributed by atoms with E-state index in [1.54, 1.807) is 0 Å². The summed E-state index contributed by atoms with van der Waals surface area (Å²) >= 11 is 0. The number of hydrogen-bond acceptors (Lipinski definition) is 3. The van der Waals surface area contributed by atoms with Crippen LogP contribution in [0.3, 0.4) is 0 Å². The minimum absolute atomic E-state index is 0. The molecular formula is C5H4F4O3Rf2-2. The summed E-state index contributed by atoms with van der Waals surface area (Å²) < 4.78 is 53.9. The summed E-state index contributed by atoms with van der Waals surface area (Å²) in [4.78, 5) is 10.2. The average molecular weight is 722 g/mol. The van der Waals surface area contributed by atoms with Crippen LogP contribution >= 0.6 is 0 Å². The van der Waals surface area contributed by atoms with Crippen molar-refractivity contribution in [2.75, 3.05) is 0 Å². The van der Waals surface area contributed by atoms with Gasteiger partial charge in [0.1, 0.15) is 0 Å². The number of esters is 1. The molecule has 14 heavy (non-hydrogen) atoms. The zero-order valence-corrected chi connectivity index (χ0v) is 19.9. The molecule has 3 nitrogen and oxygen atoms in total. The Morgan fingerprint density at radius 1 is 1.07 bits per heavy atom. The van der Waals surface area contributed by atoms with E-state index in [2.05, 4.69) is 23.7 Å². The van der Waals surface area contributed by atoms with Gasteiger partial charge in [0.15, 0.2) is 0 Å². The molecule has 0 aliphatic carbocycles. The fourth-order valence-electron chi connectivity index (χ4n) is 0.349. The quantitative estimate of drug-likeness (QED) is 0.246. The fraction of sp³-hybridized carbons (Fsp3) is 0.400. The molecule has 0 radical (unpaired) electrons. The van der Waals surface area contributed by atoms with Crippen LogP contribution in [0.2, 0.25) is 0 Å². The third-order valence-corrected chi connectivity index (χ3v) is 0.957. The van der Waals surface area contributed by atoms with Crippen molar-refractivity contribution >= 4 is 5.97 Å². The van der Waals surface area contributed by atoms with Crippen molar-refractivity contribution in [2.45, 2.75) is 12.0 Å². The van der Waals surface area contributed by atoms with Crippen molar-refractivity contribution in [3.8, 4) is 0 Å². The van der Waals surface area contributed by atoms with E-state index in [9.17, 15) is 22.4 Å². The second-order valence-corrected chi connectivity index (χ2v) is 1.67. The van der Waals surface area contributed by atoms with Crippen molar-refractivity contribution in [1.29, 1.82) is 0 Å². The Hall–Kier alpha value is -2.85. The first-order valence-electron chi connectivity index (χ1n) is 2.45. The molecule has 0 fully saturated rings. The first-order chi connectivity index (χ1) is 5.29. The van der Waals surface area contributed by atoms with Crippen molar-refractivity contribution < 1.29 is 31.8 Å². The van der Waals surface area contributed by atoms with Crippen LogP contribution in [0, 0.1) is 14.2 Å². The minimum atomic E-state index is -5.54. The fourth-order valence-corrected chi connectivity index (χ4v) is 0.349. The molecule has 0 aromatic carbocycles. The van der Waals surface area contributed by atoms with Gasteiger partial charge in [0, 0.05) is 0 Å². The molecule has 0 N–H and O–H groups in total. The maximum Gasteiger partial charge on any atom is 0.457 e. The van der Waals surface area contributed by atoms with Crippen LogP contribution < -0.4 is 0 Å². The largest absolute Gasteiger partial charge is 0.636 e. The van der Waals surface area contributed by atoms with Crippen molar-refractivity contribution in [3.05, 3.63) is 14.2 Å². The van der Waals surface area contributed by atoms with Gasteiger partial charge < -0.3 is 9.47 Å². The smallest absolute Gasteiger partial charge is 0.457 e. The summed E-state index contributed by atoms with van der Waals surface area (Å²) in [6.45, 7) is 0. The van der Waals surface area contributed by atoms with Gasteiger partial charge in [-0.25, -0.2) is 11.9 Å². The average Bonchev–Trinajstić information content (AvgIpc) is 1.99. The monoisotopic (exact) mass is 722 g/mol. The third-order valence-electron chi connectivity index (χ3n) is 0.957. The standard InChI is InChI=1S/C5H4F4O3.2Rf/c1-11-3(10)4(6,12-2)5(7,8)9;;/h1-2H2;;/q-2;;. The summed E-state index contributed by atoms with van der Waals surface area (Å²) in [7, 11) is 4.49. The van der Waals surface area contributed by atoms with Crippen LogP contribution in [0.1, 0.15) is 0 Å². The van der Waals surface area contributed by atoms with E-state index in [1.165, 1.54) is 0 Å². The number of halogens is 4. The Labute approximate surface area is 65.2 Å². The molecule has 0 amide bonds. The van der Waals surface area contributed by atoms with Gasteiger partial charge in [0.05, 0.1) is 0 Å². The van der Waals surface area contributed by atoms with E-state index in [1.807, 2.05) is 0 Å². The Morgan fingerprint density at radius 2 is 1.43 bits per heavy atom. The van der Waals surface area contributed by atoms with Gasteiger partial charge >= 0.3 is 18.0 Å². The third kappa shape index (κ3) is 2.07. The number of carbonyl (C=O) groups is 1. The molecule has 76 valence electrons. The van der Waals surface area contributed by atoms with E-state index < -0.39 is 18.0 Å². The van der Waals surface area contributed by atoms with Crippen molar-refractivity contribution in [3.63, 3.8) is 0 Å². The molecule has 0 aliphatic rings. The number of alkyl halides is 4. The molecule has 9 heteroatoms. The van der Waals surface area contributed by atoms with Crippen molar-refractivity contribution in [1.82, 2.24) is 0 Å². The Morgan fingerprint density at radius 3 is 1.50 bits per heavy atom. The molecule has 0 saturated carbocycles. The van der Waals surface area contributed by atoms with Gasteiger partial charge in [-0.3, -0.25) is 0 Å². The molecule has 0 heterocycles. The summed E-state index contributed by atoms with van der Waals surface area (Å²) in [5.41, 5.74) is 0. The SMILES string of the molecule is [CH2-]OC(=O)C(F)(O[CH2-])C(F)(F)F.[Rf].[Rf]. The van der Waals surface area contributed by atoms with Crippen LogP contribution in [-0.4, -0.2) is 18.0 Å². The minimum Gasteiger partial charge on any atom is -0.636 e. The van der Waals surface area contributed by atoms with Gasteiger partial charge in [0.25, 0.3) is 0 Å². The Balaban J connectivity index is -0.000000605. The maximum absolute atomic E-state index is 12.5. The molecule has 0 aliphatic heterocycles. The van der Waals surface area contributed by atoms with E-state index in [0.29, 0.717) is 0 Å². The predicted molar refractivity (Wildman–Crippen MR) is 27.8 cm³/mol. The topological polar surface area (TPSA) is 35.5 Å². The van der Waals surface area contributed by atoms with E-state index in [0.717, 1.165) is 0 Å². The van der Waals surface area contributed by atoms with Gasteiger partial charge in [-0.05, 0) is 0 Å². The Kier molecular flexibility index (Phi) is 5.24. The summed E-state index contributed by atoms with van der Waals surface area (Å²) in [5, 5.41) is 0. The summed E-state index contributed by atoms with van der Waals surface area (Å²) in [6, 6.07) is 0. The number of ether oxygens (including phenoxy) is 2. The number of hydrogen-bond donors (Lipinski definition) is 0. The summed E-state index contributed by atoms with van der Waals surface area (Å²) in [6.07, 6.45) is -5.54. The van der Waals surface area contributed by atoms with Crippen LogP contribution in [0.15, 0.2) is 0 Å². The van der Waals surface area contributed by atoms with Crippen LogP contribution in [-0.2, 0) is 14.3 Å². The summed E-state index contributed by atoms with van der Waals surface area (Å²) in [5.74, 6) is -6.85. The zero-order valence-electron chi connectivity index (χ0n) is 7.07. The van der Waals surface area contributed by atoms with Gasteiger partial charge in [-0.2, -0.15) is 24.7 Å². The van der Waals surface area contributed by atoms with E-state index in [-0.39, 0.29) is 0 Å². The number of rotatable bonds is 2. The molecule has 0 saturated heterocycles. The predicted octanol–water partition coefficient (Wildman–Crippen LogP) is 1.36. The van der Waals surface area contributed by atoms with Crippen LogP contribution in [0.4, 0.5) is 17.6 Å². The van der Waals surface area contributed by atoms with Crippen LogP contribution in [0.5, 0.6) is 0 Å². The van der Waals surface area contributed by atoms with Gasteiger partial charge in [-0.1, -0.05) is 0 Å². The van der Waals surface area contributed by atoms with Gasteiger partial charge in [0.2, 0.25) is 0 Å². The van der Waals surface area contributed by atoms with Gasteiger partial charge in [-0.15, -0.1) is 0 Å². The maximum atomic E-state index is 12.5. The first kappa shape index (κ1) is 17.3. The van der Waals surface area contributed by atoms with E-state index >= 15 is 0 Å². The normalized spacial score (nSPS) is 14.4. The number of carbonyl (C=O) groups excluding carboxylic acids is 1. The van der Waals surface area contributed by atoms with Crippen LogP contribution in [0.25, 0.3) is 0 Å². The first-order valence-corrected chi connectivity index (χ1v) is 2.45. The second-order valence-electron chi connectivity index (χ2n) is 1.67. The molecule has 0 aromatic heterocycles. The Bertz CT molecular complexity index is 186. The zero-order chi connectivity index (χ0) is 9.99. The molecule has 0 bridgehead atoms. The molecule has 1 unspecified atom stereocenters. The molecular weight excluding hydrogens is 718 g/mol. The second kappa shape index (κ2) is 4.24. The van der Waals surface area contributed by atoms with E-state index in [4.69, 9.17) is 0 Å². The molecule has 0 aromatic rings.